The summed E-state index contributed by atoms with van der Waals surface area (Å²) in [5.41, 5.74) is 6.11. The highest BCUT2D eigenvalue weighted by Crippen LogP contribution is 2.28. The second-order valence-corrected chi connectivity index (χ2v) is 5.88. The zero-order valence-corrected chi connectivity index (χ0v) is 11.9. The predicted molar refractivity (Wildman–Crippen MR) is 77.5 cm³/mol. The third-order valence-corrected chi connectivity index (χ3v) is 4.31. The normalized spacial score (nSPS) is 20.8. The number of hydrogen-bond acceptors (Lipinski definition) is 2. The van der Waals surface area contributed by atoms with E-state index < -0.39 is 5.54 Å². The summed E-state index contributed by atoms with van der Waals surface area (Å²) in [6, 6.07) is 9.77. The maximum Gasteiger partial charge on any atom is 0.244 e. The number of benzene rings is 1. The first-order chi connectivity index (χ1) is 9.01. The molecule has 3 heteroatoms. The van der Waals surface area contributed by atoms with E-state index in [-0.39, 0.29) is 11.9 Å². The molecule has 2 atom stereocenters. The van der Waals surface area contributed by atoms with Crippen molar-refractivity contribution < 1.29 is 4.79 Å². The summed E-state index contributed by atoms with van der Waals surface area (Å²) < 4.78 is 0. The van der Waals surface area contributed by atoms with Crippen molar-refractivity contribution in [3.63, 3.8) is 0 Å². The van der Waals surface area contributed by atoms with Gasteiger partial charge in [0.25, 0.3) is 0 Å². The van der Waals surface area contributed by atoms with Crippen molar-refractivity contribution in [1.82, 2.24) is 5.32 Å². The summed E-state index contributed by atoms with van der Waals surface area (Å²) in [5, 5.41) is 3.10. The van der Waals surface area contributed by atoms with E-state index in [0.717, 1.165) is 5.56 Å². The summed E-state index contributed by atoms with van der Waals surface area (Å²) >= 11 is 0. The third kappa shape index (κ3) is 3.16. The topological polar surface area (TPSA) is 55.1 Å². The van der Waals surface area contributed by atoms with Gasteiger partial charge in [-0.25, -0.2) is 0 Å². The van der Waals surface area contributed by atoms with Gasteiger partial charge in [0.1, 0.15) is 5.54 Å². The van der Waals surface area contributed by atoms with Crippen LogP contribution in [0.15, 0.2) is 30.3 Å². The number of nitrogens with one attached hydrogen (secondary N) is 1. The molecule has 2 rings (SSSR count). The van der Waals surface area contributed by atoms with Gasteiger partial charge in [0.2, 0.25) is 5.91 Å². The molecule has 1 aromatic rings. The summed E-state index contributed by atoms with van der Waals surface area (Å²) in [6.07, 6.45) is 5.00. The molecule has 1 unspecified atom stereocenters. The summed E-state index contributed by atoms with van der Waals surface area (Å²) in [6.45, 7) is 3.87. The average Bonchev–Trinajstić information content (AvgIpc) is 2.93. The Balaban J connectivity index is 2.02. The quantitative estimate of drug-likeness (QED) is 0.874. The van der Waals surface area contributed by atoms with Crippen LogP contribution in [0, 0.1) is 5.92 Å². The van der Waals surface area contributed by atoms with E-state index in [1.807, 2.05) is 30.3 Å². The zero-order chi connectivity index (χ0) is 13.9. The first kappa shape index (κ1) is 14.1. The Morgan fingerprint density at radius 1 is 1.32 bits per heavy atom. The molecule has 0 aromatic heterocycles. The lowest BCUT2D eigenvalue weighted by atomic mass is 9.91. The average molecular weight is 260 g/mol. The second-order valence-electron chi connectivity index (χ2n) is 5.88. The molecule has 3 nitrogen and oxygen atoms in total. The Bertz CT molecular complexity index is 422. The van der Waals surface area contributed by atoms with E-state index in [0.29, 0.717) is 5.92 Å². The standard InChI is InChI=1S/C16H24N2O/c1-12(13-8-6-7-9-13)18-15(19)16(2,17)14-10-4-3-5-11-14/h3-5,10-13H,6-9,17H2,1-2H3,(H,18,19)/t12-,16?/m1/s1. The number of carbonyl (C=O) groups excluding carboxylic acids is 1. The van der Waals surface area contributed by atoms with Gasteiger partial charge in [-0.15, -0.1) is 0 Å². The van der Waals surface area contributed by atoms with Crippen LogP contribution in [-0.4, -0.2) is 11.9 Å². The number of hydrogen-bond donors (Lipinski definition) is 2. The monoisotopic (exact) mass is 260 g/mol. The van der Waals surface area contributed by atoms with Crippen LogP contribution < -0.4 is 11.1 Å². The van der Waals surface area contributed by atoms with Crippen molar-refractivity contribution in [1.29, 1.82) is 0 Å². The highest BCUT2D eigenvalue weighted by molar-refractivity contribution is 5.87. The maximum absolute atomic E-state index is 12.4. The van der Waals surface area contributed by atoms with Gasteiger partial charge in [-0.3, -0.25) is 4.79 Å². The number of rotatable bonds is 4. The first-order valence-electron chi connectivity index (χ1n) is 7.17. The molecule has 0 aliphatic heterocycles. The first-order valence-corrected chi connectivity index (χ1v) is 7.17. The van der Waals surface area contributed by atoms with E-state index in [1.165, 1.54) is 25.7 Å². The smallest absolute Gasteiger partial charge is 0.244 e. The molecule has 0 heterocycles. The van der Waals surface area contributed by atoms with Crippen LogP contribution >= 0.6 is 0 Å². The van der Waals surface area contributed by atoms with E-state index in [9.17, 15) is 4.79 Å². The Hall–Kier alpha value is -1.35. The number of nitrogens with two attached hydrogens (primary N) is 1. The number of amides is 1. The van der Waals surface area contributed by atoms with Crippen LogP contribution in [0.1, 0.15) is 45.1 Å². The minimum atomic E-state index is -0.964. The molecule has 104 valence electrons. The van der Waals surface area contributed by atoms with Gasteiger partial charge in [0.15, 0.2) is 0 Å². The summed E-state index contributed by atoms with van der Waals surface area (Å²) in [7, 11) is 0. The predicted octanol–water partition coefficient (Wildman–Crippen LogP) is 2.56. The Kier molecular flexibility index (Phi) is 4.25. The second kappa shape index (κ2) is 5.74. The van der Waals surface area contributed by atoms with Gasteiger partial charge in [0, 0.05) is 6.04 Å². The van der Waals surface area contributed by atoms with Gasteiger partial charge in [-0.05, 0) is 38.2 Å². The van der Waals surface area contributed by atoms with Crippen LogP contribution in [0.3, 0.4) is 0 Å². The molecule has 19 heavy (non-hydrogen) atoms. The molecule has 0 radical (unpaired) electrons. The van der Waals surface area contributed by atoms with E-state index >= 15 is 0 Å². The highest BCUT2D eigenvalue weighted by Gasteiger charge is 2.33. The lowest BCUT2D eigenvalue weighted by Crippen LogP contribution is -2.52. The SMILES string of the molecule is C[C@@H](NC(=O)C(C)(N)c1ccccc1)C1CCCC1. The van der Waals surface area contributed by atoms with Crippen LogP contribution in [-0.2, 0) is 10.3 Å². The lowest BCUT2D eigenvalue weighted by Gasteiger charge is -2.28. The van der Waals surface area contributed by atoms with Crippen molar-refractivity contribution in [3.8, 4) is 0 Å². The van der Waals surface area contributed by atoms with Crippen LogP contribution in [0.2, 0.25) is 0 Å². The number of carbonyl (C=O) groups is 1. The molecule has 3 N–H and O–H groups in total. The molecule has 1 aliphatic carbocycles. The van der Waals surface area contributed by atoms with E-state index in [1.54, 1.807) is 6.92 Å². The summed E-state index contributed by atoms with van der Waals surface area (Å²) in [5.74, 6) is 0.522. The van der Waals surface area contributed by atoms with Gasteiger partial charge in [0.05, 0.1) is 0 Å². The largest absolute Gasteiger partial charge is 0.351 e. The van der Waals surface area contributed by atoms with E-state index in [2.05, 4.69) is 12.2 Å². The maximum atomic E-state index is 12.4. The Morgan fingerprint density at radius 2 is 1.89 bits per heavy atom. The van der Waals surface area contributed by atoms with Crippen molar-refractivity contribution in [3.05, 3.63) is 35.9 Å². The Morgan fingerprint density at radius 3 is 2.47 bits per heavy atom. The van der Waals surface area contributed by atoms with Gasteiger partial charge < -0.3 is 11.1 Å². The molecule has 0 saturated heterocycles. The molecule has 1 aliphatic rings. The van der Waals surface area contributed by atoms with Crippen LogP contribution in [0.4, 0.5) is 0 Å². The van der Waals surface area contributed by atoms with Crippen molar-refractivity contribution in [2.24, 2.45) is 11.7 Å². The minimum Gasteiger partial charge on any atom is -0.351 e. The highest BCUT2D eigenvalue weighted by atomic mass is 16.2. The molecule has 1 fully saturated rings. The van der Waals surface area contributed by atoms with Gasteiger partial charge >= 0.3 is 0 Å². The third-order valence-electron chi connectivity index (χ3n) is 4.31. The zero-order valence-electron chi connectivity index (χ0n) is 11.9. The Labute approximate surface area is 115 Å². The molecule has 0 bridgehead atoms. The minimum absolute atomic E-state index is 0.0851. The molecule has 1 amide bonds. The van der Waals surface area contributed by atoms with Crippen molar-refractivity contribution >= 4 is 5.91 Å². The molecule has 1 aromatic carbocycles. The fraction of sp³-hybridized carbons (Fsp3) is 0.562. The molecule has 1 saturated carbocycles. The van der Waals surface area contributed by atoms with E-state index in [4.69, 9.17) is 5.73 Å². The van der Waals surface area contributed by atoms with Gasteiger partial charge in [-0.1, -0.05) is 43.2 Å². The van der Waals surface area contributed by atoms with Crippen molar-refractivity contribution in [2.75, 3.05) is 0 Å². The van der Waals surface area contributed by atoms with Crippen molar-refractivity contribution in [2.45, 2.75) is 51.1 Å². The summed E-state index contributed by atoms with van der Waals surface area (Å²) in [4.78, 5) is 12.4. The molecular formula is C16H24N2O. The fourth-order valence-electron chi connectivity index (χ4n) is 2.85. The molecule has 0 spiro atoms. The fourth-order valence-corrected chi connectivity index (χ4v) is 2.85. The lowest BCUT2D eigenvalue weighted by molar-refractivity contribution is -0.127. The van der Waals surface area contributed by atoms with Crippen LogP contribution in [0.25, 0.3) is 0 Å². The van der Waals surface area contributed by atoms with Gasteiger partial charge in [-0.2, -0.15) is 0 Å². The van der Waals surface area contributed by atoms with Crippen LogP contribution in [0.5, 0.6) is 0 Å². The molecular weight excluding hydrogens is 236 g/mol.